The number of aliphatic carboxylic acids is 1. The highest BCUT2D eigenvalue weighted by molar-refractivity contribution is 6.08. The molecule has 0 radical (unpaired) electrons. The molecule has 0 bridgehead atoms. The van der Waals surface area contributed by atoms with E-state index in [2.05, 4.69) is 15.7 Å². The van der Waals surface area contributed by atoms with E-state index in [1.165, 1.54) is 6.20 Å². The Labute approximate surface area is 172 Å². The maximum atomic E-state index is 12.9. The molecule has 3 aromatic rings. The Morgan fingerprint density at radius 1 is 1.17 bits per heavy atom. The average Bonchev–Trinajstić information content (AvgIpc) is 3.19. The smallest absolute Gasteiger partial charge is 0.352 e. The van der Waals surface area contributed by atoms with Crippen molar-refractivity contribution in [3.8, 4) is 5.75 Å². The summed E-state index contributed by atoms with van der Waals surface area (Å²) in [6.07, 6.45) is 3.00. The van der Waals surface area contributed by atoms with E-state index in [-0.39, 0.29) is 17.2 Å². The minimum absolute atomic E-state index is 0.0197. The number of hydrogen-bond acceptors (Lipinski definition) is 5. The lowest BCUT2D eigenvalue weighted by Crippen LogP contribution is -2.25. The highest BCUT2D eigenvalue weighted by Crippen LogP contribution is 2.33. The first-order valence-corrected chi connectivity index (χ1v) is 9.28. The summed E-state index contributed by atoms with van der Waals surface area (Å²) in [7, 11) is 1.58. The number of hydrogen-bond donors (Lipinski definition) is 3. The molecule has 1 aliphatic rings. The zero-order chi connectivity index (χ0) is 21.3. The van der Waals surface area contributed by atoms with Crippen LogP contribution in [0.4, 0.5) is 11.5 Å². The molecule has 1 atom stereocenters. The second kappa shape index (κ2) is 7.75. The fraction of sp³-hybridized carbons (Fsp3) is 0.136. The van der Waals surface area contributed by atoms with Gasteiger partial charge in [0.15, 0.2) is 0 Å². The number of methoxy groups -OCH3 is 1. The maximum Gasteiger partial charge on any atom is 0.352 e. The molecule has 8 heteroatoms. The quantitative estimate of drug-likeness (QED) is 0.602. The molecule has 30 heavy (non-hydrogen) atoms. The predicted molar refractivity (Wildman–Crippen MR) is 112 cm³/mol. The summed E-state index contributed by atoms with van der Waals surface area (Å²) in [5.74, 6) is -0.486. The van der Waals surface area contributed by atoms with Gasteiger partial charge >= 0.3 is 5.97 Å². The average molecular weight is 404 g/mol. The SMILES string of the molecule is COc1ccc([C@H]2C=C(C(=O)O)Nc3c(C(=O)Nc4ccccc4C)cnn32)cc1. The molecule has 3 N–H and O–H groups in total. The number of benzene rings is 2. The molecule has 1 aliphatic heterocycles. The summed E-state index contributed by atoms with van der Waals surface area (Å²) >= 11 is 0. The van der Waals surface area contributed by atoms with Crippen molar-refractivity contribution in [1.82, 2.24) is 9.78 Å². The first-order valence-electron chi connectivity index (χ1n) is 9.28. The summed E-state index contributed by atoms with van der Waals surface area (Å²) in [4.78, 5) is 24.6. The first kappa shape index (κ1) is 19.3. The van der Waals surface area contributed by atoms with E-state index in [4.69, 9.17) is 4.74 Å². The Bertz CT molecular complexity index is 1150. The molecule has 4 rings (SSSR count). The van der Waals surface area contributed by atoms with Crippen LogP contribution < -0.4 is 15.4 Å². The van der Waals surface area contributed by atoms with E-state index in [1.54, 1.807) is 36.1 Å². The number of aromatic nitrogens is 2. The van der Waals surface area contributed by atoms with Gasteiger partial charge in [-0.2, -0.15) is 5.10 Å². The lowest BCUT2D eigenvalue weighted by Gasteiger charge is -2.24. The van der Waals surface area contributed by atoms with Crippen molar-refractivity contribution in [3.63, 3.8) is 0 Å². The number of fused-ring (bicyclic) bond motifs is 1. The van der Waals surface area contributed by atoms with Crippen molar-refractivity contribution >= 4 is 23.4 Å². The van der Waals surface area contributed by atoms with Gasteiger partial charge in [0, 0.05) is 5.69 Å². The molecule has 0 spiro atoms. The summed E-state index contributed by atoms with van der Waals surface area (Å²) < 4.78 is 6.79. The van der Waals surface area contributed by atoms with E-state index in [0.717, 1.165) is 11.1 Å². The van der Waals surface area contributed by atoms with Gasteiger partial charge in [0.05, 0.1) is 19.3 Å². The Hall–Kier alpha value is -4.07. The van der Waals surface area contributed by atoms with Crippen LogP contribution in [0, 0.1) is 6.92 Å². The molecule has 1 aromatic heterocycles. The standard InChI is InChI=1S/C22H20N4O4/c1-13-5-3-4-6-17(13)25-21(27)16-12-23-26-19(11-18(22(28)29)24-20(16)26)14-7-9-15(30-2)10-8-14/h3-12,19,24H,1-2H3,(H,25,27)(H,28,29)/t19-/m1/s1. The second-order valence-corrected chi connectivity index (χ2v) is 6.85. The van der Waals surface area contributed by atoms with Crippen LogP contribution in [0.2, 0.25) is 0 Å². The highest BCUT2D eigenvalue weighted by Gasteiger charge is 2.29. The molecule has 0 saturated heterocycles. The monoisotopic (exact) mass is 404 g/mol. The molecule has 0 fully saturated rings. The van der Waals surface area contributed by atoms with Crippen LogP contribution in [-0.4, -0.2) is 33.9 Å². The number of nitrogens with zero attached hydrogens (tertiary/aromatic N) is 2. The third kappa shape index (κ3) is 3.50. The van der Waals surface area contributed by atoms with Crippen LogP contribution in [0.15, 0.2) is 66.5 Å². The molecular weight excluding hydrogens is 384 g/mol. The van der Waals surface area contributed by atoms with Gasteiger partial charge in [0.25, 0.3) is 5.91 Å². The number of carboxylic acids is 1. The lowest BCUT2D eigenvalue weighted by molar-refractivity contribution is -0.132. The molecule has 2 aromatic carbocycles. The lowest BCUT2D eigenvalue weighted by atomic mass is 10.0. The molecule has 0 aliphatic carbocycles. The fourth-order valence-electron chi connectivity index (χ4n) is 3.33. The first-order chi connectivity index (χ1) is 14.5. The van der Waals surface area contributed by atoms with E-state index >= 15 is 0 Å². The van der Waals surface area contributed by atoms with Crippen molar-refractivity contribution in [2.24, 2.45) is 0 Å². The zero-order valence-electron chi connectivity index (χ0n) is 16.4. The molecular formula is C22H20N4O4. The maximum absolute atomic E-state index is 12.9. The van der Waals surface area contributed by atoms with Crippen molar-refractivity contribution in [2.45, 2.75) is 13.0 Å². The number of rotatable bonds is 5. The molecule has 2 heterocycles. The van der Waals surface area contributed by atoms with E-state index in [1.807, 2.05) is 37.3 Å². The van der Waals surface area contributed by atoms with Gasteiger partial charge in [-0.15, -0.1) is 0 Å². The fourth-order valence-corrected chi connectivity index (χ4v) is 3.33. The van der Waals surface area contributed by atoms with Crippen LogP contribution in [0.5, 0.6) is 5.75 Å². The van der Waals surface area contributed by atoms with E-state index in [0.29, 0.717) is 17.3 Å². The second-order valence-electron chi connectivity index (χ2n) is 6.85. The van der Waals surface area contributed by atoms with Crippen LogP contribution in [0.3, 0.4) is 0 Å². The minimum atomic E-state index is -1.12. The Kier molecular flexibility index (Phi) is 4.97. The van der Waals surface area contributed by atoms with Crippen LogP contribution in [0.25, 0.3) is 0 Å². The summed E-state index contributed by atoms with van der Waals surface area (Å²) in [6, 6.07) is 14.2. The number of carbonyl (C=O) groups is 2. The molecule has 8 nitrogen and oxygen atoms in total. The number of amides is 1. The van der Waals surface area contributed by atoms with Crippen molar-refractivity contribution in [1.29, 1.82) is 0 Å². The summed E-state index contributed by atoms with van der Waals surface area (Å²) in [5.41, 5.74) is 2.64. The topological polar surface area (TPSA) is 105 Å². The molecule has 1 amide bonds. The summed E-state index contributed by atoms with van der Waals surface area (Å²) in [5, 5.41) is 19.6. The number of ether oxygens (including phenoxy) is 1. The number of carboxylic acid groups (broad SMARTS) is 1. The molecule has 152 valence electrons. The van der Waals surface area contributed by atoms with Crippen LogP contribution in [0.1, 0.15) is 27.5 Å². The zero-order valence-corrected chi connectivity index (χ0v) is 16.4. The Balaban J connectivity index is 1.72. The van der Waals surface area contributed by atoms with Gasteiger partial charge in [-0.25, -0.2) is 9.48 Å². The van der Waals surface area contributed by atoms with Crippen LogP contribution >= 0.6 is 0 Å². The largest absolute Gasteiger partial charge is 0.497 e. The van der Waals surface area contributed by atoms with Gasteiger partial charge in [0.1, 0.15) is 22.8 Å². The number of carbonyl (C=O) groups excluding carboxylic acids is 1. The number of allylic oxidation sites excluding steroid dienone is 1. The Morgan fingerprint density at radius 3 is 2.57 bits per heavy atom. The normalized spacial score (nSPS) is 14.9. The number of anilines is 2. The summed E-state index contributed by atoms with van der Waals surface area (Å²) in [6.45, 7) is 1.90. The van der Waals surface area contributed by atoms with Gasteiger partial charge in [-0.1, -0.05) is 30.3 Å². The van der Waals surface area contributed by atoms with E-state index < -0.39 is 12.0 Å². The number of nitrogens with one attached hydrogen (secondary N) is 2. The van der Waals surface area contributed by atoms with E-state index in [9.17, 15) is 14.7 Å². The predicted octanol–water partition coefficient (Wildman–Crippen LogP) is 3.44. The molecule has 0 saturated carbocycles. The van der Waals surface area contributed by atoms with Gasteiger partial charge in [-0.3, -0.25) is 4.79 Å². The number of para-hydroxylation sites is 1. The molecule has 0 unspecified atom stereocenters. The minimum Gasteiger partial charge on any atom is -0.497 e. The van der Waals surface area contributed by atoms with Crippen molar-refractivity contribution < 1.29 is 19.4 Å². The van der Waals surface area contributed by atoms with Crippen LogP contribution in [-0.2, 0) is 4.79 Å². The Morgan fingerprint density at radius 2 is 1.90 bits per heavy atom. The third-order valence-electron chi connectivity index (χ3n) is 4.96. The van der Waals surface area contributed by atoms with Gasteiger partial charge in [0.2, 0.25) is 0 Å². The number of aryl methyl sites for hydroxylation is 1. The van der Waals surface area contributed by atoms with Crippen molar-refractivity contribution in [3.05, 3.63) is 83.2 Å². The van der Waals surface area contributed by atoms with Gasteiger partial charge < -0.3 is 20.5 Å². The highest BCUT2D eigenvalue weighted by atomic mass is 16.5. The third-order valence-corrected chi connectivity index (χ3v) is 4.96. The van der Waals surface area contributed by atoms with Gasteiger partial charge in [-0.05, 0) is 42.3 Å². The van der Waals surface area contributed by atoms with Crippen molar-refractivity contribution in [2.75, 3.05) is 17.7 Å².